The van der Waals surface area contributed by atoms with Crippen LogP contribution in [-0.2, 0) is 0 Å². The van der Waals surface area contributed by atoms with Gasteiger partial charge in [0, 0.05) is 18.1 Å². The highest BCUT2D eigenvalue weighted by Gasteiger charge is 2.00. The Morgan fingerprint density at radius 2 is 2.45 bits per heavy atom. The predicted octanol–water partition coefficient (Wildman–Crippen LogP) is 0.783. The van der Waals surface area contributed by atoms with Crippen molar-refractivity contribution in [2.24, 2.45) is 0 Å². The molecule has 4 heteroatoms. The minimum atomic E-state index is 0.455. The maximum Gasteiger partial charge on any atom is 0.212 e. The van der Waals surface area contributed by atoms with Gasteiger partial charge in [0.1, 0.15) is 5.69 Å². The molecule has 0 atom stereocenters. The monoisotopic (exact) mass is 149 g/mol. The van der Waals surface area contributed by atoms with Crippen LogP contribution in [0.1, 0.15) is 16.2 Å². The lowest BCUT2D eigenvalue weighted by Crippen LogP contribution is -1.77. The third-order valence-electron chi connectivity index (χ3n) is 1.51. The van der Waals surface area contributed by atoms with Gasteiger partial charge in [0.25, 0.3) is 0 Å². The molecule has 0 fully saturated rings. The van der Waals surface area contributed by atoms with Crippen LogP contribution in [0.3, 0.4) is 0 Å². The molecule has 2 heterocycles. The molecule has 0 aromatic carbocycles. The fourth-order valence-electron chi connectivity index (χ4n) is 1.08. The molecular weight excluding hydrogens is 142 g/mol. The summed E-state index contributed by atoms with van der Waals surface area (Å²) >= 11 is 0. The first-order valence-electron chi connectivity index (χ1n) is 3.29. The van der Waals surface area contributed by atoms with Crippen LogP contribution < -0.4 is 0 Å². The zero-order valence-corrected chi connectivity index (χ0v) is 6.03. The average molecular weight is 149 g/mol. The van der Waals surface area contributed by atoms with E-state index in [2.05, 4.69) is 9.97 Å². The summed E-state index contributed by atoms with van der Waals surface area (Å²) in [5.74, 6) is 0.713. The Labute approximate surface area is 62.9 Å². The molecular formula is C7H7N3O. The number of aldehydes is 1. The SMILES string of the molecule is Cc1cn2cc(C=O)nc2[nH]1. The Kier molecular flexibility index (Phi) is 1.09. The summed E-state index contributed by atoms with van der Waals surface area (Å²) in [4.78, 5) is 17.3. The normalized spacial score (nSPS) is 10.6. The maximum absolute atomic E-state index is 10.3. The molecule has 0 aliphatic rings. The highest BCUT2D eigenvalue weighted by Crippen LogP contribution is 2.03. The van der Waals surface area contributed by atoms with Gasteiger partial charge in [-0.05, 0) is 6.92 Å². The van der Waals surface area contributed by atoms with E-state index in [1.165, 1.54) is 0 Å². The molecule has 2 rings (SSSR count). The Bertz CT molecular complexity index is 367. The molecule has 0 aliphatic carbocycles. The van der Waals surface area contributed by atoms with Crippen molar-refractivity contribution in [3.05, 3.63) is 23.8 Å². The van der Waals surface area contributed by atoms with Crippen molar-refractivity contribution in [2.75, 3.05) is 0 Å². The summed E-state index contributed by atoms with van der Waals surface area (Å²) in [6.07, 6.45) is 4.30. The topological polar surface area (TPSA) is 50.2 Å². The molecule has 0 aliphatic heterocycles. The first kappa shape index (κ1) is 6.15. The minimum Gasteiger partial charge on any atom is -0.328 e. The molecule has 0 saturated carbocycles. The van der Waals surface area contributed by atoms with Crippen LogP contribution in [-0.4, -0.2) is 20.7 Å². The summed E-state index contributed by atoms with van der Waals surface area (Å²) in [5.41, 5.74) is 1.49. The van der Waals surface area contributed by atoms with Crippen LogP contribution in [0.4, 0.5) is 0 Å². The van der Waals surface area contributed by atoms with E-state index in [9.17, 15) is 4.79 Å². The van der Waals surface area contributed by atoms with E-state index < -0.39 is 0 Å². The third kappa shape index (κ3) is 0.832. The van der Waals surface area contributed by atoms with E-state index >= 15 is 0 Å². The summed E-state index contributed by atoms with van der Waals surface area (Å²) < 4.78 is 1.79. The molecule has 1 N–H and O–H groups in total. The lowest BCUT2D eigenvalue weighted by atomic mass is 10.5. The first-order chi connectivity index (χ1) is 5.29. The number of imidazole rings is 2. The number of aromatic amines is 1. The standard InChI is InChI=1S/C7H7N3O/c1-5-2-10-3-6(4-11)9-7(10)8-5/h2-4H,1H3,(H,8,9). The summed E-state index contributed by atoms with van der Waals surface area (Å²) in [7, 11) is 0. The second-order valence-corrected chi connectivity index (χ2v) is 2.45. The molecule has 0 spiro atoms. The van der Waals surface area contributed by atoms with Crippen LogP contribution in [0.2, 0.25) is 0 Å². The van der Waals surface area contributed by atoms with Gasteiger partial charge in [-0.25, -0.2) is 4.98 Å². The van der Waals surface area contributed by atoms with E-state index in [-0.39, 0.29) is 0 Å². The minimum absolute atomic E-state index is 0.455. The van der Waals surface area contributed by atoms with Gasteiger partial charge in [0.2, 0.25) is 5.78 Å². The lowest BCUT2D eigenvalue weighted by Gasteiger charge is -1.75. The fraction of sp³-hybridized carbons (Fsp3) is 0.143. The van der Waals surface area contributed by atoms with Gasteiger partial charge in [-0.3, -0.25) is 9.20 Å². The smallest absolute Gasteiger partial charge is 0.212 e. The lowest BCUT2D eigenvalue weighted by molar-refractivity contribution is 0.111. The number of rotatable bonds is 1. The summed E-state index contributed by atoms with van der Waals surface area (Å²) in [5, 5.41) is 0. The second-order valence-electron chi connectivity index (χ2n) is 2.45. The van der Waals surface area contributed by atoms with Crippen LogP contribution >= 0.6 is 0 Å². The number of nitrogens with zero attached hydrogens (tertiary/aromatic N) is 2. The fourth-order valence-corrected chi connectivity index (χ4v) is 1.08. The molecule has 2 aromatic heterocycles. The first-order valence-corrected chi connectivity index (χ1v) is 3.29. The van der Waals surface area contributed by atoms with Crippen molar-refractivity contribution >= 4 is 12.1 Å². The zero-order chi connectivity index (χ0) is 7.84. The number of carbonyl (C=O) groups is 1. The highest BCUT2D eigenvalue weighted by atomic mass is 16.1. The number of H-pyrrole nitrogens is 1. The van der Waals surface area contributed by atoms with E-state index in [4.69, 9.17) is 0 Å². The van der Waals surface area contributed by atoms with Crippen molar-refractivity contribution in [1.82, 2.24) is 14.4 Å². The van der Waals surface area contributed by atoms with Crippen molar-refractivity contribution in [3.8, 4) is 0 Å². The molecule has 0 amide bonds. The second kappa shape index (κ2) is 1.95. The van der Waals surface area contributed by atoms with Gasteiger partial charge in [-0.15, -0.1) is 0 Å². The molecule has 2 aromatic rings. The maximum atomic E-state index is 10.3. The molecule has 0 saturated heterocycles. The Morgan fingerprint density at radius 3 is 3.09 bits per heavy atom. The summed E-state index contributed by atoms with van der Waals surface area (Å²) in [6, 6.07) is 0. The largest absolute Gasteiger partial charge is 0.328 e. The highest BCUT2D eigenvalue weighted by molar-refractivity contribution is 5.72. The quantitative estimate of drug-likeness (QED) is 0.609. The number of aromatic nitrogens is 3. The summed E-state index contributed by atoms with van der Waals surface area (Å²) in [6.45, 7) is 1.94. The van der Waals surface area contributed by atoms with Crippen molar-refractivity contribution < 1.29 is 4.79 Å². The van der Waals surface area contributed by atoms with Gasteiger partial charge in [-0.1, -0.05) is 0 Å². The Hall–Kier alpha value is -1.58. The predicted molar refractivity (Wildman–Crippen MR) is 39.7 cm³/mol. The number of carbonyl (C=O) groups excluding carboxylic acids is 1. The number of fused-ring (bicyclic) bond motifs is 1. The molecule has 0 unspecified atom stereocenters. The van der Waals surface area contributed by atoms with E-state index in [1.807, 2.05) is 13.1 Å². The zero-order valence-electron chi connectivity index (χ0n) is 6.03. The van der Waals surface area contributed by atoms with E-state index in [1.54, 1.807) is 10.6 Å². The van der Waals surface area contributed by atoms with Crippen molar-refractivity contribution in [1.29, 1.82) is 0 Å². The Morgan fingerprint density at radius 1 is 1.64 bits per heavy atom. The van der Waals surface area contributed by atoms with Gasteiger partial charge in [0.05, 0.1) is 0 Å². The number of hydrogen-bond acceptors (Lipinski definition) is 2. The van der Waals surface area contributed by atoms with Gasteiger partial charge >= 0.3 is 0 Å². The average Bonchev–Trinajstić information content (AvgIpc) is 2.43. The van der Waals surface area contributed by atoms with Gasteiger partial charge in [0.15, 0.2) is 6.29 Å². The molecule has 56 valence electrons. The van der Waals surface area contributed by atoms with Gasteiger partial charge < -0.3 is 4.98 Å². The van der Waals surface area contributed by atoms with Crippen molar-refractivity contribution in [3.63, 3.8) is 0 Å². The van der Waals surface area contributed by atoms with Crippen LogP contribution in [0.15, 0.2) is 12.4 Å². The van der Waals surface area contributed by atoms with Crippen LogP contribution in [0, 0.1) is 6.92 Å². The molecule has 0 radical (unpaired) electrons. The van der Waals surface area contributed by atoms with E-state index in [0.29, 0.717) is 11.5 Å². The number of nitrogens with one attached hydrogen (secondary N) is 1. The van der Waals surface area contributed by atoms with E-state index in [0.717, 1.165) is 12.0 Å². The number of aryl methyl sites for hydroxylation is 1. The van der Waals surface area contributed by atoms with Crippen LogP contribution in [0.25, 0.3) is 5.78 Å². The number of hydrogen-bond donors (Lipinski definition) is 1. The van der Waals surface area contributed by atoms with Gasteiger partial charge in [-0.2, -0.15) is 0 Å². The molecule has 11 heavy (non-hydrogen) atoms. The third-order valence-corrected chi connectivity index (χ3v) is 1.51. The molecule has 4 nitrogen and oxygen atoms in total. The molecule has 0 bridgehead atoms. The van der Waals surface area contributed by atoms with Crippen molar-refractivity contribution in [2.45, 2.75) is 6.92 Å². The Balaban J connectivity index is 2.72. The van der Waals surface area contributed by atoms with Crippen LogP contribution in [0.5, 0.6) is 0 Å².